The van der Waals surface area contributed by atoms with E-state index in [1.807, 2.05) is 6.26 Å². The smallest absolute Gasteiger partial charge is 0.326 e. The van der Waals surface area contributed by atoms with Gasteiger partial charge in [0.25, 0.3) is 5.91 Å². The largest absolute Gasteiger partial charge is 0.480 e. The minimum Gasteiger partial charge on any atom is -0.480 e. The molecule has 0 fully saturated rings. The van der Waals surface area contributed by atoms with Gasteiger partial charge in [-0.3, -0.25) is 9.78 Å². The maximum absolute atomic E-state index is 11.9. The first kappa shape index (κ1) is 15.8. The summed E-state index contributed by atoms with van der Waals surface area (Å²) in [7, 11) is 0. The van der Waals surface area contributed by atoms with Crippen molar-refractivity contribution in [1.82, 2.24) is 10.3 Å². The van der Waals surface area contributed by atoms with Crippen LogP contribution in [0.5, 0.6) is 0 Å². The Morgan fingerprint density at radius 1 is 1.58 bits per heavy atom. The normalized spacial score (nSPS) is 11.9. The van der Waals surface area contributed by atoms with E-state index in [4.69, 9.17) is 16.7 Å². The van der Waals surface area contributed by atoms with Crippen LogP contribution in [0.25, 0.3) is 0 Å². The van der Waals surface area contributed by atoms with Crippen molar-refractivity contribution in [2.75, 3.05) is 12.0 Å². The molecular formula is C12H15ClN2O3S. The number of hydrogen-bond acceptors (Lipinski definition) is 4. The monoisotopic (exact) mass is 302 g/mol. The maximum atomic E-state index is 11.9. The van der Waals surface area contributed by atoms with E-state index in [2.05, 4.69) is 10.3 Å². The van der Waals surface area contributed by atoms with Crippen LogP contribution in [0.1, 0.15) is 22.5 Å². The topological polar surface area (TPSA) is 79.3 Å². The summed E-state index contributed by atoms with van der Waals surface area (Å²) in [6.07, 6.45) is 3.58. The molecule has 0 aromatic carbocycles. The molecule has 19 heavy (non-hydrogen) atoms. The van der Waals surface area contributed by atoms with Crippen molar-refractivity contribution in [2.24, 2.45) is 0 Å². The van der Waals surface area contributed by atoms with Gasteiger partial charge in [0.05, 0.1) is 10.6 Å². The quantitative estimate of drug-likeness (QED) is 0.840. The van der Waals surface area contributed by atoms with Crippen molar-refractivity contribution >= 4 is 35.2 Å². The molecule has 0 aliphatic carbocycles. The lowest BCUT2D eigenvalue weighted by molar-refractivity contribution is -0.139. The van der Waals surface area contributed by atoms with Crippen molar-refractivity contribution in [1.29, 1.82) is 0 Å². The van der Waals surface area contributed by atoms with Gasteiger partial charge in [-0.2, -0.15) is 11.8 Å². The van der Waals surface area contributed by atoms with Gasteiger partial charge in [-0.25, -0.2) is 4.79 Å². The number of nitrogens with one attached hydrogen (secondary N) is 1. The number of pyridine rings is 1. The summed E-state index contributed by atoms with van der Waals surface area (Å²) >= 11 is 7.46. The van der Waals surface area contributed by atoms with Crippen LogP contribution in [0, 0.1) is 6.92 Å². The standard InChI is InChI=1S/C12H15ClN2O3S/c1-7-5-9(13)8(6-14-7)11(16)15-10(12(17)18)3-4-19-2/h5-6,10H,3-4H2,1-2H3,(H,15,16)(H,17,18)/t10-/m1/s1. The number of rotatable bonds is 6. The molecule has 1 aromatic heterocycles. The van der Waals surface area contributed by atoms with Crippen molar-refractivity contribution < 1.29 is 14.7 Å². The first-order valence-electron chi connectivity index (χ1n) is 5.60. The van der Waals surface area contributed by atoms with E-state index in [-0.39, 0.29) is 10.6 Å². The summed E-state index contributed by atoms with van der Waals surface area (Å²) in [5.74, 6) is -0.929. The molecule has 0 spiro atoms. The van der Waals surface area contributed by atoms with Crippen LogP contribution in [0.2, 0.25) is 5.02 Å². The van der Waals surface area contributed by atoms with Gasteiger partial charge in [0, 0.05) is 11.9 Å². The number of aromatic nitrogens is 1. The van der Waals surface area contributed by atoms with Crippen molar-refractivity contribution in [3.05, 3.63) is 28.5 Å². The van der Waals surface area contributed by atoms with Crippen LogP contribution in [-0.4, -0.2) is 40.0 Å². The Balaban J connectivity index is 2.78. The molecule has 1 aromatic rings. The Morgan fingerprint density at radius 2 is 2.26 bits per heavy atom. The third-order valence-corrected chi connectivity index (χ3v) is 3.41. The fourth-order valence-corrected chi connectivity index (χ4v) is 2.19. The molecule has 0 aliphatic heterocycles. The van der Waals surface area contributed by atoms with Gasteiger partial charge in [-0.15, -0.1) is 0 Å². The van der Waals surface area contributed by atoms with Crippen molar-refractivity contribution in [3.8, 4) is 0 Å². The number of carbonyl (C=O) groups is 2. The number of thioether (sulfide) groups is 1. The highest BCUT2D eigenvalue weighted by atomic mass is 35.5. The number of aliphatic carboxylic acids is 1. The molecule has 7 heteroatoms. The van der Waals surface area contributed by atoms with E-state index < -0.39 is 17.9 Å². The van der Waals surface area contributed by atoms with Crippen LogP contribution in [0.15, 0.2) is 12.3 Å². The van der Waals surface area contributed by atoms with Gasteiger partial charge in [-0.1, -0.05) is 11.6 Å². The number of carboxylic acids is 1. The first-order valence-corrected chi connectivity index (χ1v) is 7.37. The molecule has 0 saturated carbocycles. The summed E-state index contributed by atoms with van der Waals surface area (Å²) in [6.45, 7) is 1.76. The zero-order valence-electron chi connectivity index (χ0n) is 10.6. The molecule has 0 saturated heterocycles. The van der Waals surface area contributed by atoms with Crippen LogP contribution in [0.3, 0.4) is 0 Å². The minimum absolute atomic E-state index is 0.183. The van der Waals surface area contributed by atoms with Gasteiger partial charge in [0.15, 0.2) is 0 Å². The lowest BCUT2D eigenvalue weighted by atomic mass is 10.2. The fourth-order valence-electron chi connectivity index (χ4n) is 1.42. The predicted octanol–water partition coefficient (Wildman–Crippen LogP) is 1.98. The molecule has 0 bridgehead atoms. The fraction of sp³-hybridized carbons (Fsp3) is 0.417. The van der Waals surface area contributed by atoms with E-state index in [0.29, 0.717) is 17.9 Å². The summed E-state index contributed by atoms with van der Waals surface area (Å²) < 4.78 is 0. The van der Waals surface area contributed by atoms with Crippen LogP contribution in [-0.2, 0) is 4.79 Å². The first-order chi connectivity index (χ1) is 8.95. The Kier molecular flexibility index (Phi) is 6.11. The van der Waals surface area contributed by atoms with Crippen molar-refractivity contribution in [2.45, 2.75) is 19.4 Å². The number of carboxylic acid groups (broad SMARTS) is 1. The lowest BCUT2D eigenvalue weighted by Gasteiger charge is -2.14. The molecule has 0 aliphatic rings. The van der Waals surface area contributed by atoms with E-state index in [9.17, 15) is 9.59 Å². The maximum Gasteiger partial charge on any atom is 0.326 e. The zero-order chi connectivity index (χ0) is 14.4. The van der Waals surface area contributed by atoms with E-state index in [1.165, 1.54) is 18.0 Å². The second kappa shape index (κ2) is 7.35. The number of nitrogens with zero attached hydrogens (tertiary/aromatic N) is 1. The number of aryl methyl sites for hydroxylation is 1. The van der Waals surface area contributed by atoms with Crippen LogP contribution < -0.4 is 5.32 Å². The zero-order valence-corrected chi connectivity index (χ0v) is 12.2. The number of amides is 1. The highest BCUT2D eigenvalue weighted by Crippen LogP contribution is 2.16. The summed E-state index contributed by atoms with van der Waals surface area (Å²) in [4.78, 5) is 27.0. The molecule has 5 nitrogen and oxygen atoms in total. The second-order valence-corrected chi connectivity index (χ2v) is 5.34. The van der Waals surface area contributed by atoms with Crippen LogP contribution in [0.4, 0.5) is 0 Å². The average Bonchev–Trinajstić information content (AvgIpc) is 2.33. The molecule has 1 heterocycles. The SMILES string of the molecule is CSCC[C@@H](NC(=O)c1cnc(C)cc1Cl)C(=O)O. The molecular weight excluding hydrogens is 288 g/mol. The lowest BCUT2D eigenvalue weighted by Crippen LogP contribution is -2.41. The van der Waals surface area contributed by atoms with Gasteiger partial charge in [0.1, 0.15) is 6.04 Å². The highest BCUT2D eigenvalue weighted by molar-refractivity contribution is 7.98. The molecule has 2 N–H and O–H groups in total. The van der Waals surface area contributed by atoms with Crippen LogP contribution >= 0.6 is 23.4 Å². The minimum atomic E-state index is -1.06. The number of hydrogen-bond donors (Lipinski definition) is 2. The average molecular weight is 303 g/mol. The summed E-state index contributed by atoms with van der Waals surface area (Å²) in [5, 5.41) is 11.8. The van der Waals surface area contributed by atoms with Gasteiger partial charge < -0.3 is 10.4 Å². The highest BCUT2D eigenvalue weighted by Gasteiger charge is 2.21. The predicted molar refractivity (Wildman–Crippen MR) is 75.9 cm³/mol. The Labute approximate surface area is 120 Å². The number of carbonyl (C=O) groups excluding carboxylic acids is 1. The molecule has 1 amide bonds. The number of halogens is 1. The van der Waals surface area contributed by atoms with E-state index >= 15 is 0 Å². The second-order valence-electron chi connectivity index (χ2n) is 3.95. The third kappa shape index (κ3) is 4.72. The van der Waals surface area contributed by atoms with E-state index in [0.717, 1.165) is 0 Å². The Hall–Kier alpha value is -1.27. The summed E-state index contributed by atoms with van der Waals surface area (Å²) in [6, 6.07) is 0.644. The Morgan fingerprint density at radius 3 is 2.79 bits per heavy atom. The molecule has 1 rings (SSSR count). The third-order valence-electron chi connectivity index (χ3n) is 2.45. The molecule has 104 valence electrons. The van der Waals surface area contributed by atoms with Gasteiger partial charge >= 0.3 is 5.97 Å². The van der Waals surface area contributed by atoms with E-state index in [1.54, 1.807) is 13.0 Å². The molecule has 0 radical (unpaired) electrons. The Bertz CT molecular complexity index is 482. The summed E-state index contributed by atoms with van der Waals surface area (Å²) in [5.41, 5.74) is 0.876. The van der Waals surface area contributed by atoms with Gasteiger partial charge in [-0.05, 0) is 31.4 Å². The van der Waals surface area contributed by atoms with Crippen molar-refractivity contribution in [3.63, 3.8) is 0 Å². The molecule has 1 atom stereocenters. The molecule has 0 unspecified atom stereocenters. The van der Waals surface area contributed by atoms with Gasteiger partial charge in [0.2, 0.25) is 0 Å².